The van der Waals surface area contributed by atoms with Gasteiger partial charge in [-0.2, -0.15) is 5.10 Å². The minimum absolute atomic E-state index is 0.285. The van der Waals surface area contributed by atoms with Gasteiger partial charge in [-0.05, 0) is 23.8 Å². The molecule has 6 nitrogen and oxygen atoms in total. The molecular weight excluding hydrogens is 246 g/mol. The van der Waals surface area contributed by atoms with Crippen molar-refractivity contribution in [1.82, 2.24) is 10.2 Å². The van der Waals surface area contributed by atoms with Gasteiger partial charge in [0.25, 0.3) is 5.91 Å². The van der Waals surface area contributed by atoms with Gasteiger partial charge in [-0.15, -0.1) is 0 Å². The minimum atomic E-state index is -1.03. The number of anilines is 1. The molecule has 1 aromatic heterocycles. The van der Waals surface area contributed by atoms with Crippen molar-refractivity contribution >= 4 is 23.6 Å². The Morgan fingerprint density at radius 2 is 2.21 bits per heavy atom. The highest BCUT2D eigenvalue weighted by atomic mass is 16.4. The number of rotatable bonds is 4. The van der Waals surface area contributed by atoms with Crippen molar-refractivity contribution in [2.75, 3.05) is 5.32 Å². The van der Waals surface area contributed by atoms with E-state index in [1.807, 2.05) is 0 Å². The molecule has 0 spiro atoms. The lowest BCUT2D eigenvalue weighted by Gasteiger charge is -2.03. The van der Waals surface area contributed by atoms with Gasteiger partial charge in [0.05, 0.1) is 11.9 Å². The van der Waals surface area contributed by atoms with Gasteiger partial charge >= 0.3 is 5.97 Å². The zero-order valence-electron chi connectivity index (χ0n) is 9.83. The first-order valence-corrected chi connectivity index (χ1v) is 5.46. The number of carbonyl (C=O) groups excluding carboxylic acids is 1. The first kappa shape index (κ1) is 12.6. The second-order valence-electron chi connectivity index (χ2n) is 3.74. The highest BCUT2D eigenvalue weighted by Gasteiger charge is 2.06. The van der Waals surface area contributed by atoms with E-state index in [1.54, 1.807) is 30.5 Å². The van der Waals surface area contributed by atoms with E-state index in [9.17, 15) is 9.59 Å². The summed E-state index contributed by atoms with van der Waals surface area (Å²) in [5, 5.41) is 17.5. The van der Waals surface area contributed by atoms with Gasteiger partial charge < -0.3 is 10.4 Å². The molecule has 2 aromatic rings. The van der Waals surface area contributed by atoms with Gasteiger partial charge in [-0.3, -0.25) is 9.89 Å². The van der Waals surface area contributed by atoms with Crippen molar-refractivity contribution in [1.29, 1.82) is 0 Å². The van der Waals surface area contributed by atoms with E-state index in [-0.39, 0.29) is 5.91 Å². The monoisotopic (exact) mass is 257 g/mol. The molecule has 19 heavy (non-hydrogen) atoms. The van der Waals surface area contributed by atoms with Crippen molar-refractivity contribution in [3.05, 3.63) is 53.9 Å². The molecular formula is C13H11N3O3. The fourth-order valence-electron chi connectivity index (χ4n) is 1.47. The van der Waals surface area contributed by atoms with Crippen LogP contribution in [0.4, 0.5) is 5.69 Å². The summed E-state index contributed by atoms with van der Waals surface area (Å²) in [5.41, 5.74) is 1.65. The molecule has 0 fully saturated rings. The Morgan fingerprint density at radius 1 is 1.37 bits per heavy atom. The van der Waals surface area contributed by atoms with Crippen molar-refractivity contribution in [2.24, 2.45) is 0 Å². The highest BCUT2D eigenvalue weighted by molar-refractivity contribution is 6.04. The van der Waals surface area contributed by atoms with Crippen molar-refractivity contribution in [3.63, 3.8) is 0 Å². The number of nitrogens with zero attached hydrogens (tertiary/aromatic N) is 1. The number of aromatic nitrogens is 2. The molecule has 0 saturated carbocycles. The molecule has 96 valence electrons. The highest BCUT2D eigenvalue weighted by Crippen LogP contribution is 2.10. The summed E-state index contributed by atoms with van der Waals surface area (Å²) in [7, 11) is 0. The van der Waals surface area contributed by atoms with E-state index in [4.69, 9.17) is 5.11 Å². The normalized spacial score (nSPS) is 10.5. The first-order valence-electron chi connectivity index (χ1n) is 5.46. The average Bonchev–Trinajstić information content (AvgIpc) is 2.89. The molecule has 0 atom stereocenters. The van der Waals surface area contributed by atoms with Gasteiger partial charge in [0.15, 0.2) is 0 Å². The van der Waals surface area contributed by atoms with Crippen LogP contribution in [0.15, 0.2) is 42.7 Å². The third-order valence-electron chi connectivity index (χ3n) is 2.32. The van der Waals surface area contributed by atoms with Crippen LogP contribution >= 0.6 is 0 Å². The van der Waals surface area contributed by atoms with Gasteiger partial charge in [0.1, 0.15) is 0 Å². The molecule has 0 aliphatic rings. The second-order valence-corrected chi connectivity index (χ2v) is 3.74. The van der Waals surface area contributed by atoms with Gasteiger partial charge in [-0.25, -0.2) is 4.79 Å². The molecule has 2 rings (SSSR count). The van der Waals surface area contributed by atoms with Crippen LogP contribution in [0.3, 0.4) is 0 Å². The number of aliphatic carboxylic acids is 1. The van der Waals surface area contributed by atoms with Crippen molar-refractivity contribution < 1.29 is 14.7 Å². The zero-order chi connectivity index (χ0) is 13.7. The lowest BCUT2D eigenvalue weighted by molar-refractivity contribution is -0.131. The summed E-state index contributed by atoms with van der Waals surface area (Å²) in [6, 6.07) is 6.66. The van der Waals surface area contributed by atoms with Gasteiger partial charge in [0, 0.05) is 17.8 Å². The molecule has 6 heteroatoms. The minimum Gasteiger partial charge on any atom is -0.478 e. The molecule has 3 N–H and O–H groups in total. The number of carbonyl (C=O) groups is 2. The number of carboxylic acids is 1. The molecule has 0 unspecified atom stereocenters. The van der Waals surface area contributed by atoms with E-state index < -0.39 is 5.97 Å². The maximum atomic E-state index is 11.9. The Hall–Kier alpha value is -2.89. The number of hydrogen-bond acceptors (Lipinski definition) is 3. The molecule has 1 aromatic carbocycles. The maximum Gasteiger partial charge on any atom is 0.328 e. The SMILES string of the molecule is O=C(O)C=Cc1cccc(C(=O)Nc2cn[nH]c2)c1. The van der Waals surface area contributed by atoms with E-state index in [1.165, 1.54) is 12.3 Å². The number of amides is 1. The van der Waals surface area contributed by atoms with E-state index in [2.05, 4.69) is 15.5 Å². The smallest absolute Gasteiger partial charge is 0.328 e. The van der Waals surface area contributed by atoms with E-state index >= 15 is 0 Å². The van der Waals surface area contributed by atoms with Crippen LogP contribution in [-0.2, 0) is 4.79 Å². The predicted octanol–water partition coefficient (Wildman–Crippen LogP) is 1.76. The van der Waals surface area contributed by atoms with Crippen LogP contribution < -0.4 is 5.32 Å². The largest absolute Gasteiger partial charge is 0.478 e. The number of carboxylic acid groups (broad SMARTS) is 1. The van der Waals surface area contributed by atoms with Crippen LogP contribution in [0.2, 0.25) is 0 Å². The van der Waals surface area contributed by atoms with Crippen LogP contribution in [0.1, 0.15) is 15.9 Å². The average molecular weight is 257 g/mol. The Bertz CT molecular complexity index is 618. The second kappa shape index (κ2) is 5.63. The molecule has 0 radical (unpaired) electrons. The number of benzene rings is 1. The van der Waals surface area contributed by atoms with Crippen LogP contribution in [0.25, 0.3) is 6.08 Å². The fourth-order valence-corrected chi connectivity index (χ4v) is 1.47. The zero-order valence-corrected chi connectivity index (χ0v) is 9.83. The summed E-state index contributed by atoms with van der Waals surface area (Å²) in [5.74, 6) is -1.32. The summed E-state index contributed by atoms with van der Waals surface area (Å²) >= 11 is 0. The van der Waals surface area contributed by atoms with Crippen LogP contribution in [-0.4, -0.2) is 27.2 Å². The Balaban J connectivity index is 2.14. The quantitative estimate of drug-likeness (QED) is 0.727. The Labute approximate surface area is 108 Å². The number of nitrogens with one attached hydrogen (secondary N) is 2. The number of hydrogen-bond donors (Lipinski definition) is 3. The first-order chi connectivity index (χ1) is 9.15. The topological polar surface area (TPSA) is 95.1 Å². The third-order valence-corrected chi connectivity index (χ3v) is 2.32. The van der Waals surface area contributed by atoms with Crippen LogP contribution in [0, 0.1) is 0 Å². The van der Waals surface area contributed by atoms with E-state index in [0.29, 0.717) is 16.8 Å². The summed E-state index contributed by atoms with van der Waals surface area (Å²) in [6.07, 6.45) is 5.50. The number of H-pyrrole nitrogens is 1. The molecule has 1 amide bonds. The van der Waals surface area contributed by atoms with Crippen molar-refractivity contribution in [2.45, 2.75) is 0 Å². The lowest BCUT2D eigenvalue weighted by atomic mass is 10.1. The summed E-state index contributed by atoms with van der Waals surface area (Å²) in [4.78, 5) is 22.3. The fraction of sp³-hybridized carbons (Fsp3) is 0. The third kappa shape index (κ3) is 3.53. The molecule has 0 aliphatic heterocycles. The van der Waals surface area contributed by atoms with Crippen LogP contribution in [0.5, 0.6) is 0 Å². The van der Waals surface area contributed by atoms with Crippen molar-refractivity contribution in [3.8, 4) is 0 Å². The summed E-state index contributed by atoms with van der Waals surface area (Å²) in [6.45, 7) is 0. The van der Waals surface area contributed by atoms with Gasteiger partial charge in [0.2, 0.25) is 0 Å². The Morgan fingerprint density at radius 3 is 2.89 bits per heavy atom. The molecule has 0 bridgehead atoms. The lowest BCUT2D eigenvalue weighted by Crippen LogP contribution is -2.11. The Kier molecular flexibility index (Phi) is 3.72. The molecule has 0 aliphatic carbocycles. The standard InChI is InChI=1S/C13H11N3O3/c17-12(18)5-4-9-2-1-3-10(6-9)13(19)16-11-7-14-15-8-11/h1-8H,(H,14,15)(H,16,19)(H,17,18). The molecule has 1 heterocycles. The predicted molar refractivity (Wildman–Crippen MR) is 69.7 cm³/mol. The maximum absolute atomic E-state index is 11.9. The number of aromatic amines is 1. The summed E-state index contributed by atoms with van der Waals surface area (Å²) < 4.78 is 0. The van der Waals surface area contributed by atoms with Gasteiger partial charge in [-0.1, -0.05) is 12.1 Å². The molecule has 0 saturated heterocycles. The van der Waals surface area contributed by atoms with E-state index in [0.717, 1.165) is 6.08 Å².